The second-order valence-corrected chi connectivity index (χ2v) is 9.60. The molecule has 1 aliphatic carbocycles. The molecule has 2 aliphatic rings. The van der Waals surface area contributed by atoms with Crippen LogP contribution in [0.1, 0.15) is 53.3 Å². The van der Waals surface area contributed by atoms with Gasteiger partial charge in [-0.3, -0.25) is 9.59 Å². The quantitative estimate of drug-likeness (QED) is 0.518. The predicted molar refractivity (Wildman–Crippen MR) is 118 cm³/mol. The van der Waals surface area contributed by atoms with Crippen LogP contribution in [0.15, 0.2) is 35.1 Å². The van der Waals surface area contributed by atoms with Crippen molar-refractivity contribution in [3.8, 4) is 5.75 Å². The highest BCUT2D eigenvalue weighted by molar-refractivity contribution is 5.95. The van der Waals surface area contributed by atoms with Gasteiger partial charge in [0.15, 0.2) is 11.3 Å². The molecule has 0 unspecified atom stereocenters. The lowest BCUT2D eigenvalue weighted by atomic mass is 9.61. The molecule has 1 saturated heterocycles. The van der Waals surface area contributed by atoms with E-state index in [0.29, 0.717) is 5.56 Å². The first kappa shape index (κ1) is 24.1. The number of likely N-dealkylation sites (tertiary alicyclic amines) is 1. The van der Waals surface area contributed by atoms with Gasteiger partial charge < -0.3 is 14.6 Å². The summed E-state index contributed by atoms with van der Waals surface area (Å²) in [5.41, 5.74) is -2.66. The third-order valence-corrected chi connectivity index (χ3v) is 6.57. The van der Waals surface area contributed by atoms with Crippen LogP contribution in [0.2, 0.25) is 0 Å². The number of carbonyl (C=O) groups is 1. The van der Waals surface area contributed by atoms with Crippen molar-refractivity contribution in [2.45, 2.75) is 44.9 Å². The summed E-state index contributed by atoms with van der Waals surface area (Å²) in [7, 11) is 0. The Morgan fingerprint density at radius 3 is 2.36 bits per heavy atom. The van der Waals surface area contributed by atoms with Gasteiger partial charge in [-0.2, -0.15) is 13.2 Å². The number of H-pyrrole nitrogens is 1. The van der Waals surface area contributed by atoms with Gasteiger partial charge in [0.05, 0.1) is 5.39 Å². The average molecular weight is 508 g/mol. The van der Waals surface area contributed by atoms with E-state index >= 15 is 0 Å². The highest BCUT2D eigenvalue weighted by Crippen LogP contribution is 2.56. The number of hydrogen-bond acceptors (Lipinski definition) is 5. The van der Waals surface area contributed by atoms with Crippen molar-refractivity contribution in [3.05, 3.63) is 63.3 Å². The zero-order valence-corrected chi connectivity index (χ0v) is 19.2. The lowest BCUT2D eigenvalue weighted by Gasteiger charge is -2.58. The van der Waals surface area contributed by atoms with E-state index in [1.807, 2.05) is 0 Å². The highest BCUT2D eigenvalue weighted by atomic mass is 19.4. The minimum Gasteiger partial charge on any atom is -0.486 e. The normalized spacial score (nSPS) is 19.0. The van der Waals surface area contributed by atoms with E-state index in [-0.39, 0.29) is 60.0 Å². The van der Waals surface area contributed by atoms with E-state index in [9.17, 15) is 31.5 Å². The van der Waals surface area contributed by atoms with E-state index in [1.54, 1.807) is 0 Å². The van der Waals surface area contributed by atoms with Crippen LogP contribution in [0.4, 0.5) is 22.0 Å². The summed E-state index contributed by atoms with van der Waals surface area (Å²) in [5, 5.41) is -0.100. The fourth-order valence-corrected chi connectivity index (χ4v) is 5.03. The van der Waals surface area contributed by atoms with Gasteiger partial charge in [-0.25, -0.2) is 18.7 Å². The molecule has 1 spiro atoms. The van der Waals surface area contributed by atoms with Crippen LogP contribution in [-0.4, -0.2) is 44.8 Å². The Hall–Kier alpha value is -3.57. The number of ether oxygens (including phenoxy) is 1. The predicted octanol–water partition coefficient (Wildman–Crippen LogP) is 4.66. The Morgan fingerprint density at radius 1 is 1.14 bits per heavy atom. The topological polar surface area (TPSA) is 88.2 Å². The Kier molecular flexibility index (Phi) is 5.34. The zero-order valence-electron chi connectivity index (χ0n) is 19.2. The molecule has 2 fully saturated rings. The van der Waals surface area contributed by atoms with Crippen LogP contribution in [0.3, 0.4) is 0 Å². The summed E-state index contributed by atoms with van der Waals surface area (Å²) in [5.74, 6) is -2.63. The highest BCUT2D eigenvalue weighted by Gasteiger charge is 2.62. The molecule has 1 saturated carbocycles. The second kappa shape index (κ2) is 7.97. The summed E-state index contributed by atoms with van der Waals surface area (Å²) in [6.07, 6.45) is -6.37. The molecule has 1 aliphatic heterocycles. The molecule has 2 aromatic heterocycles. The molecule has 1 amide bonds. The van der Waals surface area contributed by atoms with Gasteiger partial charge in [0.25, 0.3) is 11.5 Å². The Morgan fingerprint density at radius 2 is 1.78 bits per heavy atom. The number of nitrogens with zero attached hydrogens (tertiary/aromatic N) is 3. The number of fused-ring (bicyclic) bond motifs is 1. The van der Waals surface area contributed by atoms with Gasteiger partial charge in [-0.1, -0.05) is 0 Å². The minimum absolute atomic E-state index is 0.100. The summed E-state index contributed by atoms with van der Waals surface area (Å²) in [6, 6.07) is 6.88. The summed E-state index contributed by atoms with van der Waals surface area (Å²) in [4.78, 5) is 36.3. The first-order chi connectivity index (χ1) is 16.8. The zero-order chi connectivity index (χ0) is 26.0. The number of alkyl halides is 5. The Bertz CT molecular complexity index is 1400. The molecule has 7 nitrogen and oxygen atoms in total. The number of aromatic amines is 1. The van der Waals surface area contributed by atoms with Crippen molar-refractivity contribution in [3.63, 3.8) is 0 Å². The van der Waals surface area contributed by atoms with Crippen molar-refractivity contribution < 1.29 is 31.5 Å². The number of nitrogens with one attached hydrogen (secondary N) is 1. The van der Waals surface area contributed by atoms with Gasteiger partial charge in [0.1, 0.15) is 17.7 Å². The number of rotatable bonds is 4. The number of aromatic nitrogens is 3. The largest absolute Gasteiger partial charge is 0.486 e. The average Bonchev–Trinajstić information content (AvgIpc) is 2.74. The molecule has 1 atom stereocenters. The smallest absolute Gasteiger partial charge is 0.433 e. The number of benzene rings is 1. The summed E-state index contributed by atoms with van der Waals surface area (Å²) in [6.45, 7) is 3.38. The number of hydrogen-bond donors (Lipinski definition) is 1. The minimum atomic E-state index is -4.81. The van der Waals surface area contributed by atoms with Crippen LogP contribution in [0, 0.1) is 12.3 Å². The van der Waals surface area contributed by atoms with Crippen molar-refractivity contribution in [2.75, 3.05) is 13.1 Å². The van der Waals surface area contributed by atoms with Gasteiger partial charge in [-0.05, 0) is 44.2 Å². The number of aryl methyl sites for hydroxylation is 1. The van der Waals surface area contributed by atoms with Gasteiger partial charge in [0.2, 0.25) is 5.92 Å². The third-order valence-electron chi connectivity index (χ3n) is 6.57. The van der Waals surface area contributed by atoms with Crippen molar-refractivity contribution in [2.24, 2.45) is 5.41 Å². The lowest BCUT2D eigenvalue weighted by molar-refractivity contribution is -0.203. The molecule has 12 heteroatoms. The van der Waals surface area contributed by atoms with Crippen molar-refractivity contribution in [1.29, 1.82) is 0 Å². The molecule has 190 valence electrons. The maximum Gasteiger partial charge on any atom is 0.433 e. The van der Waals surface area contributed by atoms with Crippen LogP contribution in [0.25, 0.3) is 11.0 Å². The third kappa shape index (κ3) is 4.28. The molecular formula is C24H21F5N4O3. The second-order valence-electron chi connectivity index (χ2n) is 9.60. The van der Waals surface area contributed by atoms with E-state index < -0.39 is 34.9 Å². The molecule has 36 heavy (non-hydrogen) atoms. The summed E-state index contributed by atoms with van der Waals surface area (Å²) < 4.78 is 73.3. The molecule has 3 aromatic rings. The molecular weight excluding hydrogens is 487 g/mol. The molecule has 3 heterocycles. The summed E-state index contributed by atoms with van der Waals surface area (Å²) >= 11 is 0. The molecule has 5 rings (SSSR count). The van der Waals surface area contributed by atoms with Crippen LogP contribution >= 0.6 is 0 Å². The standard InChI is InChI=1S/C24H21F5N4O3/c1-12(16-7-17-19(30-13(2)31-20(17)34)32-18(16)24(27,28)29)36-15-5-3-14(4-6-15)21(35)33-10-22(11-33)8-23(25,26)9-22/h3-7,12H,8-11H2,1-2H3,(H,30,31,32,34)/t12-/m0/s1. The van der Waals surface area contributed by atoms with Crippen LogP contribution < -0.4 is 10.3 Å². The number of carbonyl (C=O) groups excluding carboxylic acids is 1. The van der Waals surface area contributed by atoms with Crippen molar-refractivity contribution >= 4 is 16.9 Å². The number of amides is 1. The van der Waals surface area contributed by atoms with Crippen LogP contribution in [0.5, 0.6) is 5.75 Å². The number of pyridine rings is 1. The maximum atomic E-state index is 13.7. The maximum absolute atomic E-state index is 13.7. The van der Waals surface area contributed by atoms with Crippen LogP contribution in [-0.2, 0) is 6.18 Å². The molecule has 1 N–H and O–H groups in total. The first-order valence-corrected chi connectivity index (χ1v) is 11.2. The fraction of sp³-hybridized carbons (Fsp3) is 0.417. The Labute approximate surface area is 201 Å². The van der Waals surface area contributed by atoms with E-state index in [1.165, 1.54) is 43.0 Å². The van der Waals surface area contributed by atoms with E-state index in [4.69, 9.17) is 4.74 Å². The van der Waals surface area contributed by atoms with Gasteiger partial charge >= 0.3 is 6.18 Å². The first-order valence-electron chi connectivity index (χ1n) is 11.2. The molecule has 0 bridgehead atoms. The Balaban J connectivity index is 1.33. The lowest BCUT2D eigenvalue weighted by Crippen LogP contribution is -2.66. The number of halogens is 5. The monoisotopic (exact) mass is 508 g/mol. The van der Waals surface area contributed by atoms with Gasteiger partial charge in [0, 0.05) is 42.5 Å². The fourth-order valence-electron chi connectivity index (χ4n) is 5.03. The van der Waals surface area contributed by atoms with Gasteiger partial charge in [-0.15, -0.1) is 0 Å². The molecule has 0 radical (unpaired) electrons. The van der Waals surface area contributed by atoms with E-state index in [2.05, 4.69) is 15.0 Å². The SMILES string of the molecule is Cc1nc2nc(C(F)(F)F)c([C@H](C)Oc3ccc(C(=O)N4CC5(C4)CC(F)(F)C5)cc3)cc2c(=O)[nH]1. The van der Waals surface area contributed by atoms with E-state index in [0.717, 1.165) is 6.07 Å². The molecule has 1 aromatic carbocycles. The van der Waals surface area contributed by atoms with Crippen molar-refractivity contribution in [1.82, 2.24) is 19.9 Å².